The fourth-order valence-corrected chi connectivity index (χ4v) is 2.73. The van der Waals surface area contributed by atoms with E-state index in [1.54, 1.807) is 0 Å². The molecular weight excluding hydrogens is 320 g/mol. The number of nitrogens with zero attached hydrogens (tertiary/aromatic N) is 4. The predicted octanol–water partition coefficient (Wildman–Crippen LogP) is 2.06. The monoisotopic (exact) mass is 346 g/mol. The molecule has 0 spiro atoms. The number of hydrogen-bond acceptors (Lipinski definition) is 7. The Morgan fingerprint density at radius 1 is 1.48 bits per heavy atom. The molecule has 0 saturated carbocycles. The number of rotatable bonds is 3. The van der Waals surface area contributed by atoms with Crippen molar-refractivity contribution in [3.63, 3.8) is 0 Å². The van der Waals surface area contributed by atoms with Crippen LogP contribution in [0.3, 0.4) is 0 Å². The van der Waals surface area contributed by atoms with Crippen molar-refractivity contribution >= 4 is 17.7 Å². The highest BCUT2D eigenvalue weighted by atomic mass is 16.6. The van der Waals surface area contributed by atoms with Crippen LogP contribution < -0.4 is 16.0 Å². The van der Waals surface area contributed by atoms with Gasteiger partial charge < -0.3 is 20.7 Å². The fraction of sp³-hybridized carbons (Fsp3) is 0.647. The molecule has 1 aliphatic heterocycles. The first-order valence-electron chi connectivity index (χ1n) is 8.36. The summed E-state index contributed by atoms with van der Waals surface area (Å²) >= 11 is 0. The smallest absolute Gasteiger partial charge is 0.407 e. The Morgan fingerprint density at radius 2 is 2.12 bits per heavy atom. The third kappa shape index (κ3) is 5.21. The summed E-state index contributed by atoms with van der Waals surface area (Å²) in [6, 6.07) is 2.06. The first-order chi connectivity index (χ1) is 11.6. The number of carbonyl (C=O) groups is 1. The minimum atomic E-state index is -0.506. The van der Waals surface area contributed by atoms with Crippen molar-refractivity contribution in [2.75, 3.05) is 30.3 Å². The van der Waals surface area contributed by atoms with E-state index in [0.717, 1.165) is 25.9 Å². The van der Waals surface area contributed by atoms with Crippen LogP contribution in [-0.2, 0) is 4.74 Å². The van der Waals surface area contributed by atoms with Crippen molar-refractivity contribution in [1.29, 1.82) is 5.26 Å². The normalized spacial score (nSPS) is 16.8. The van der Waals surface area contributed by atoms with Crippen LogP contribution in [-0.4, -0.2) is 41.3 Å². The molecule has 1 fully saturated rings. The van der Waals surface area contributed by atoms with E-state index in [1.807, 2.05) is 25.7 Å². The minimum Gasteiger partial charge on any atom is -0.444 e. The number of nitrogens with two attached hydrogens (primary N) is 1. The first-order valence-corrected chi connectivity index (χ1v) is 8.36. The van der Waals surface area contributed by atoms with Gasteiger partial charge in [-0.1, -0.05) is 6.92 Å². The lowest BCUT2D eigenvalue weighted by Crippen LogP contribution is -2.46. The number of piperidine rings is 1. The Balaban J connectivity index is 1.94. The highest BCUT2D eigenvalue weighted by Gasteiger charge is 2.32. The van der Waals surface area contributed by atoms with Crippen LogP contribution in [0.1, 0.15) is 46.2 Å². The van der Waals surface area contributed by atoms with Gasteiger partial charge in [0.2, 0.25) is 0 Å². The summed E-state index contributed by atoms with van der Waals surface area (Å²) in [5, 5.41) is 12.1. The largest absolute Gasteiger partial charge is 0.444 e. The Morgan fingerprint density at radius 3 is 2.68 bits per heavy atom. The average molecular weight is 346 g/mol. The highest BCUT2D eigenvalue weighted by Crippen LogP contribution is 2.32. The van der Waals surface area contributed by atoms with Crippen molar-refractivity contribution < 1.29 is 9.53 Å². The second-order valence-electron chi connectivity index (χ2n) is 7.73. The highest BCUT2D eigenvalue weighted by molar-refractivity contribution is 5.67. The van der Waals surface area contributed by atoms with Gasteiger partial charge in [-0.25, -0.2) is 14.8 Å². The average Bonchev–Trinajstić information content (AvgIpc) is 2.52. The summed E-state index contributed by atoms with van der Waals surface area (Å²) in [5.41, 5.74) is 5.44. The van der Waals surface area contributed by atoms with Crippen molar-refractivity contribution in [3.8, 4) is 6.07 Å². The maximum Gasteiger partial charge on any atom is 0.407 e. The quantitative estimate of drug-likeness (QED) is 0.860. The Bertz CT molecular complexity index is 669. The van der Waals surface area contributed by atoms with Crippen LogP contribution in [0.2, 0.25) is 0 Å². The molecule has 2 rings (SSSR count). The van der Waals surface area contributed by atoms with E-state index in [-0.39, 0.29) is 11.1 Å². The molecule has 8 nitrogen and oxygen atoms in total. The zero-order valence-corrected chi connectivity index (χ0v) is 15.3. The van der Waals surface area contributed by atoms with Gasteiger partial charge in [0.1, 0.15) is 17.5 Å². The van der Waals surface area contributed by atoms with Crippen LogP contribution in [0.4, 0.5) is 16.4 Å². The molecule has 136 valence electrons. The van der Waals surface area contributed by atoms with Gasteiger partial charge in [-0.15, -0.1) is 0 Å². The Hall–Kier alpha value is -2.56. The topological polar surface area (TPSA) is 117 Å². The number of aromatic nitrogens is 2. The van der Waals surface area contributed by atoms with Crippen LogP contribution in [0.25, 0.3) is 0 Å². The minimum absolute atomic E-state index is 0.0338. The molecule has 0 bridgehead atoms. The number of anilines is 2. The molecule has 1 aromatic heterocycles. The molecule has 1 saturated heterocycles. The molecular formula is C17H26N6O2. The first kappa shape index (κ1) is 18.8. The maximum absolute atomic E-state index is 11.8. The number of carbonyl (C=O) groups excluding carboxylic acids is 1. The molecule has 0 radical (unpaired) electrons. The van der Waals surface area contributed by atoms with Gasteiger partial charge in [0.25, 0.3) is 0 Å². The molecule has 3 N–H and O–H groups in total. The van der Waals surface area contributed by atoms with E-state index < -0.39 is 11.7 Å². The summed E-state index contributed by atoms with van der Waals surface area (Å²) in [6.07, 6.45) is 2.69. The van der Waals surface area contributed by atoms with Gasteiger partial charge in [-0.3, -0.25) is 0 Å². The molecule has 25 heavy (non-hydrogen) atoms. The molecule has 1 aromatic rings. The number of nitriles is 1. The third-order valence-corrected chi connectivity index (χ3v) is 4.21. The fourth-order valence-electron chi connectivity index (χ4n) is 2.73. The number of nitrogen functional groups attached to an aromatic ring is 1. The Labute approximate surface area is 148 Å². The van der Waals surface area contributed by atoms with Crippen molar-refractivity contribution in [2.24, 2.45) is 5.41 Å². The van der Waals surface area contributed by atoms with Gasteiger partial charge in [0.05, 0.1) is 6.20 Å². The van der Waals surface area contributed by atoms with Crippen LogP contribution in [0, 0.1) is 16.7 Å². The van der Waals surface area contributed by atoms with Crippen molar-refractivity contribution in [2.45, 2.75) is 46.1 Å². The zero-order chi connectivity index (χ0) is 18.7. The lowest BCUT2D eigenvalue weighted by atomic mass is 9.80. The van der Waals surface area contributed by atoms with Gasteiger partial charge in [-0.05, 0) is 39.0 Å². The van der Waals surface area contributed by atoms with Crippen LogP contribution >= 0.6 is 0 Å². The summed E-state index contributed by atoms with van der Waals surface area (Å²) in [5.74, 6) is 0.832. The molecule has 8 heteroatoms. The summed E-state index contributed by atoms with van der Waals surface area (Å²) < 4.78 is 5.28. The van der Waals surface area contributed by atoms with Crippen molar-refractivity contribution in [3.05, 3.63) is 11.9 Å². The number of amides is 1. The lowest BCUT2D eigenvalue weighted by Gasteiger charge is -2.40. The van der Waals surface area contributed by atoms with Gasteiger partial charge in [-0.2, -0.15) is 5.26 Å². The molecule has 1 aliphatic rings. The van der Waals surface area contributed by atoms with Crippen LogP contribution in [0.15, 0.2) is 6.20 Å². The number of nitrogens with one attached hydrogen (secondary N) is 1. The third-order valence-electron chi connectivity index (χ3n) is 4.21. The van der Waals surface area contributed by atoms with E-state index >= 15 is 0 Å². The molecule has 2 heterocycles. The summed E-state index contributed by atoms with van der Waals surface area (Å²) in [4.78, 5) is 22.2. The van der Waals surface area contributed by atoms with E-state index in [9.17, 15) is 10.1 Å². The molecule has 0 aromatic carbocycles. The molecule has 0 unspecified atom stereocenters. The number of hydrogen-bond donors (Lipinski definition) is 2. The SMILES string of the molecule is CC1(CNC(=O)OC(C)(C)C)CCN(c2nc(N)cnc2C#N)CC1. The molecule has 0 atom stereocenters. The predicted molar refractivity (Wildman–Crippen MR) is 95.0 cm³/mol. The van der Waals surface area contributed by atoms with E-state index in [1.165, 1.54) is 6.20 Å². The number of alkyl carbamates (subject to hydrolysis) is 1. The van der Waals surface area contributed by atoms with Gasteiger partial charge >= 0.3 is 6.09 Å². The van der Waals surface area contributed by atoms with Crippen molar-refractivity contribution in [1.82, 2.24) is 15.3 Å². The standard InChI is InChI=1S/C17H26N6O2/c1-16(2,3)25-15(24)21-11-17(4)5-7-23(8-6-17)14-12(9-18)20-10-13(19)22-14/h10H,5-8,11H2,1-4H3,(H2,19,22)(H,21,24). The van der Waals surface area contributed by atoms with E-state index in [4.69, 9.17) is 10.5 Å². The van der Waals surface area contributed by atoms with E-state index in [2.05, 4.69) is 28.3 Å². The summed E-state index contributed by atoms with van der Waals surface area (Å²) in [6.45, 7) is 9.64. The lowest BCUT2D eigenvalue weighted by molar-refractivity contribution is 0.0495. The van der Waals surface area contributed by atoms with Gasteiger partial charge in [0.15, 0.2) is 11.5 Å². The zero-order valence-electron chi connectivity index (χ0n) is 15.3. The second-order valence-corrected chi connectivity index (χ2v) is 7.73. The van der Waals surface area contributed by atoms with Gasteiger partial charge in [0, 0.05) is 19.6 Å². The number of ether oxygens (including phenoxy) is 1. The second kappa shape index (κ2) is 7.13. The molecule has 1 amide bonds. The van der Waals surface area contributed by atoms with E-state index in [0.29, 0.717) is 18.2 Å². The molecule has 0 aliphatic carbocycles. The Kier molecular flexibility index (Phi) is 5.36. The summed E-state index contributed by atoms with van der Waals surface area (Å²) in [7, 11) is 0. The maximum atomic E-state index is 11.8. The van der Waals surface area contributed by atoms with Crippen LogP contribution in [0.5, 0.6) is 0 Å².